The zero-order valence-corrected chi connectivity index (χ0v) is 11.8. The van der Waals surface area contributed by atoms with Gasteiger partial charge in [0.2, 0.25) is 0 Å². The summed E-state index contributed by atoms with van der Waals surface area (Å²) < 4.78 is 0. The van der Waals surface area contributed by atoms with Crippen LogP contribution in [0.15, 0.2) is 30.3 Å². The van der Waals surface area contributed by atoms with E-state index >= 15 is 0 Å². The molecule has 0 aromatic heterocycles. The summed E-state index contributed by atoms with van der Waals surface area (Å²) >= 11 is 0. The van der Waals surface area contributed by atoms with Crippen LogP contribution >= 0.6 is 0 Å². The molecule has 0 spiro atoms. The second kappa shape index (κ2) is 5.26. The minimum absolute atomic E-state index is 0.0819. The quantitative estimate of drug-likeness (QED) is 0.776. The van der Waals surface area contributed by atoms with Crippen LogP contribution in [0.1, 0.15) is 45.6 Å². The number of carbonyl (C=O) groups is 1. The minimum atomic E-state index is 0.0819. The molecule has 0 N–H and O–H groups in total. The summed E-state index contributed by atoms with van der Waals surface area (Å²) in [5, 5.41) is 0. The Morgan fingerprint density at radius 2 is 1.83 bits per heavy atom. The summed E-state index contributed by atoms with van der Waals surface area (Å²) in [7, 11) is 0. The topological polar surface area (TPSA) is 17.1 Å². The fourth-order valence-electron chi connectivity index (χ4n) is 3.27. The van der Waals surface area contributed by atoms with Gasteiger partial charge in [-0.15, -0.1) is 0 Å². The maximum atomic E-state index is 12.2. The van der Waals surface area contributed by atoms with E-state index in [2.05, 4.69) is 45.0 Å². The molecule has 0 amide bonds. The molecule has 2 rings (SSSR count). The van der Waals surface area contributed by atoms with Crippen molar-refractivity contribution >= 4 is 5.78 Å². The summed E-state index contributed by atoms with van der Waals surface area (Å²) in [4.78, 5) is 12.2. The third kappa shape index (κ3) is 3.01. The number of carbonyl (C=O) groups excluding carboxylic acids is 1. The van der Waals surface area contributed by atoms with E-state index in [1.54, 1.807) is 0 Å². The first-order valence-corrected chi connectivity index (χ1v) is 7.05. The molecule has 2 atom stereocenters. The molecule has 0 radical (unpaired) electrons. The lowest BCUT2D eigenvalue weighted by atomic mass is 9.66. The molecule has 1 aromatic rings. The van der Waals surface area contributed by atoms with Gasteiger partial charge in [-0.2, -0.15) is 0 Å². The number of Topliss-reactive ketones (excluding diaryl/α,β-unsaturated/α-hetero) is 1. The standard InChI is InChI=1S/C17H24O/c1-13-9-10-15(16(18)11-13)17(2,3)12-14-7-5-4-6-8-14/h4-8,13,15H,9-12H2,1-3H3/t13-,15?/m1/s1. The highest BCUT2D eigenvalue weighted by atomic mass is 16.1. The molecule has 0 saturated heterocycles. The van der Waals surface area contributed by atoms with E-state index in [0.717, 1.165) is 19.3 Å². The maximum Gasteiger partial charge on any atom is 0.136 e. The Kier molecular flexibility index (Phi) is 3.89. The lowest BCUT2D eigenvalue weighted by molar-refractivity contribution is -0.129. The maximum absolute atomic E-state index is 12.2. The molecule has 1 aromatic carbocycles. The summed E-state index contributed by atoms with van der Waals surface area (Å²) in [6.07, 6.45) is 4.05. The van der Waals surface area contributed by atoms with Crippen LogP contribution in [0, 0.1) is 17.3 Å². The Morgan fingerprint density at radius 3 is 2.44 bits per heavy atom. The zero-order valence-electron chi connectivity index (χ0n) is 11.8. The first-order valence-electron chi connectivity index (χ1n) is 7.05. The van der Waals surface area contributed by atoms with E-state index in [9.17, 15) is 4.79 Å². The van der Waals surface area contributed by atoms with Gasteiger partial charge in [-0.05, 0) is 36.2 Å². The van der Waals surface area contributed by atoms with Gasteiger partial charge in [-0.3, -0.25) is 4.79 Å². The van der Waals surface area contributed by atoms with Gasteiger partial charge < -0.3 is 0 Å². The van der Waals surface area contributed by atoms with E-state index in [0.29, 0.717) is 11.7 Å². The largest absolute Gasteiger partial charge is 0.299 e. The Bertz CT molecular complexity index is 405. The molecule has 1 nitrogen and oxygen atoms in total. The molecule has 1 unspecified atom stereocenters. The van der Waals surface area contributed by atoms with Crippen LogP contribution in [0.2, 0.25) is 0 Å². The highest BCUT2D eigenvalue weighted by molar-refractivity contribution is 5.82. The van der Waals surface area contributed by atoms with E-state index in [1.165, 1.54) is 12.0 Å². The Balaban J connectivity index is 2.08. The number of hydrogen-bond acceptors (Lipinski definition) is 1. The average molecular weight is 244 g/mol. The number of hydrogen-bond donors (Lipinski definition) is 0. The fourth-order valence-corrected chi connectivity index (χ4v) is 3.27. The molecule has 1 aliphatic rings. The summed E-state index contributed by atoms with van der Waals surface area (Å²) in [6, 6.07) is 10.5. The van der Waals surface area contributed by atoms with E-state index < -0.39 is 0 Å². The van der Waals surface area contributed by atoms with E-state index in [4.69, 9.17) is 0 Å². The monoisotopic (exact) mass is 244 g/mol. The smallest absolute Gasteiger partial charge is 0.136 e. The predicted molar refractivity (Wildman–Crippen MR) is 75.4 cm³/mol. The summed E-state index contributed by atoms with van der Waals surface area (Å²) in [5.74, 6) is 1.31. The molecule has 18 heavy (non-hydrogen) atoms. The van der Waals surface area contributed by atoms with Gasteiger partial charge >= 0.3 is 0 Å². The minimum Gasteiger partial charge on any atom is -0.299 e. The van der Waals surface area contributed by atoms with Crippen molar-refractivity contribution in [3.05, 3.63) is 35.9 Å². The van der Waals surface area contributed by atoms with Crippen LogP contribution in [0.5, 0.6) is 0 Å². The molecule has 1 aliphatic carbocycles. The highest BCUT2D eigenvalue weighted by Crippen LogP contribution is 2.40. The molecule has 1 saturated carbocycles. The van der Waals surface area contributed by atoms with Crippen molar-refractivity contribution < 1.29 is 4.79 Å². The molecule has 0 heterocycles. The lowest BCUT2D eigenvalue weighted by Crippen LogP contribution is -2.36. The van der Waals surface area contributed by atoms with Crippen molar-refractivity contribution in [3.63, 3.8) is 0 Å². The number of benzene rings is 1. The third-order valence-electron chi connectivity index (χ3n) is 4.33. The van der Waals surface area contributed by atoms with Crippen molar-refractivity contribution in [2.24, 2.45) is 17.3 Å². The first-order chi connectivity index (χ1) is 8.49. The van der Waals surface area contributed by atoms with Crippen molar-refractivity contribution in [2.45, 2.75) is 46.5 Å². The van der Waals surface area contributed by atoms with Gasteiger partial charge in [0, 0.05) is 12.3 Å². The van der Waals surface area contributed by atoms with Crippen LogP contribution in [0.4, 0.5) is 0 Å². The molecule has 0 bridgehead atoms. The molecular weight excluding hydrogens is 220 g/mol. The van der Waals surface area contributed by atoms with Crippen LogP contribution < -0.4 is 0 Å². The average Bonchev–Trinajstić information content (AvgIpc) is 2.29. The summed E-state index contributed by atoms with van der Waals surface area (Å²) in [6.45, 7) is 6.69. The Labute approximate surface area is 111 Å². The van der Waals surface area contributed by atoms with Gasteiger partial charge in [0.25, 0.3) is 0 Å². The summed E-state index contributed by atoms with van der Waals surface area (Å²) in [5.41, 5.74) is 1.42. The lowest BCUT2D eigenvalue weighted by Gasteiger charge is -2.37. The molecular formula is C17H24O. The second-order valence-corrected chi connectivity index (χ2v) is 6.56. The zero-order chi connectivity index (χ0) is 13.2. The highest BCUT2D eigenvalue weighted by Gasteiger charge is 2.37. The normalized spacial score (nSPS) is 25.2. The second-order valence-electron chi connectivity index (χ2n) is 6.56. The molecule has 0 aliphatic heterocycles. The molecule has 98 valence electrons. The first kappa shape index (κ1) is 13.3. The van der Waals surface area contributed by atoms with Crippen molar-refractivity contribution in [2.75, 3.05) is 0 Å². The van der Waals surface area contributed by atoms with Crippen LogP contribution in [-0.2, 0) is 11.2 Å². The van der Waals surface area contributed by atoms with E-state index in [1.807, 2.05) is 6.07 Å². The van der Waals surface area contributed by atoms with Crippen molar-refractivity contribution in [1.82, 2.24) is 0 Å². The fraction of sp³-hybridized carbons (Fsp3) is 0.588. The van der Waals surface area contributed by atoms with Crippen LogP contribution in [0.3, 0.4) is 0 Å². The van der Waals surface area contributed by atoms with E-state index in [-0.39, 0.29) is 11.3 Å². The van der Waals surface area contributed by atoms with Crippen LogP contribution in [-0.4, -0.2) is 5.78 Å². The molecule has 1 heteroatoms. The Morgan fingerprint density at radius 1 is 1.17 bits per heavy atom. The number of ketones is 1. The van der Waals surface area contributed by atoms with Gasteiger partial charge in [-0.1, -0.05) is 51.1 Å². The predicted octanol–water partition coefficient (Wildman–Crippen LogP) is 4.26. The number of rotatable bonds is 3. The molecule has 1 fully saturated rings. The van der Waals surface area contributed by atoms with Crippen LogP contribution in [0.25, 0.3) is 0 Å². The SMILES string of the molecule is C[C@@H]1CCC(C(C)(C)Cc2ccccc2)C(=O)C1. The van der Waals surface area contributed by atoms with Gasteiger partial charge in [0.1, 0.15) is 5.78 Å². The van der Waals surface area contributed by atoms with Crippen molar-refractivity contribution in [3.8, 4) is 0 Å². The Hall–Kier alpha value is -1.11. The third-order valence-corrected chi connectivity index (χ3v) is 4.33. The van der Waals surface area contributed by atoms with Gasteiger partial charge in [0.15, 0.2) is 0 Å². The van der Waals surface area contributed by atoms with Gasteiger partial charge in [-0.25, -0.2) is 0 Å². The van der Waals surface area contributed by atoms with Gasteiger partial charge in [0.05, 0.1) is 0 Å². The van der Waals surface area contributed by atoms with Crippen molar-refractivity contribution in [1.29, 1.82) is 0 Å².